The van der Waals surface area contributed by atoms with Crippen molar-refractivity contribution in [2.75, 3.05) is 34.0 Å². The molecule has 1 heterocycles. The minimum absolute atomic E-state index is 0.149. The Balaban J connectivity index is 1.58. The molecule has 2 aromatic rings. The summed E-state index contributed by atoms with van der Waals surface area (Å²) in [5, 5.41) is 0. The molecule has 30 heavy (non-hydrogen) atoms. The third kappa shape index (κ3) is 3.94. The highest BCUT2D eigenvalue weighted by Gasteiger charge is 2.37. The summed E-state index contributed by atoms with van der Waals surface area (Å²) in [6.45, 7) is 1.39. The molecular weight excluding hydrogens is 406 g/mol. The van der Waals surface area contributed by atoms with E-state index in [2.05, 4.69) is 4.72 Å². The normalized spacial score (nSPS) is 17.5. The first-order valence-electron chi connectivity index (χ1n) is 10.1. The molecule has 0 atom stereocenters. The summed E-state index contributed by atoms with van der Waals surface area (Å²) in [6, 6.07) is 10.6. The van der Waals surface area contributed by atoms with Crippen molar-refractivity contribution in [1.82, 2.24) is 4.72 Å². The fourth-order valence-electron chi connectivity index (χ4n) is 4.29. The van der Waals surface area contributed by atoms with Gasteiger partial charge in [-0.25, -0.2) is 13.1 Å². The molecule has 0 bridgehead atoms. The van der Waals surface area contributed by atoms with Crippen LogP contribution in [0.25, 0.3) is 0 Å². The van der Waals surface area contributed by atoms with Gasteiger partial charge < -0.3 is 18.9 Å². The van der Waals surface area contributed by atoms with Crippen molar-refractivity contribution in [3.05, 3.63) is 42.0 Å². The number of fused-ring (bicyclic) bond motifs is 1. The standard InChI is InChI=1S/C22H27NO6S/c1-26-18-8-6-17(14-20(18)27-2)30(24,25)23-15-22(9-3-4-10-22)16-5-7-19-21(13-16)29-12-11-28-19/h5-8,13-14,23H,3-4,9-12,15H2,1-2H3. The molecule has 2 aromatic carbocycles. The largest absolute Gasteiger partial charge is 0.493 e. The van der Waals surface area contributed by atoms with Crippen LogP contribution in [0.2, 0.25) is 0 Å². The zero-order valence-electron chi connectivity index (χ0n) is 17.3. The number of nitrogens with one attached hydrogen (secondary N) is 1. The molecule has 8 heteroatoms. The van der Waals surface area contributed by atoms with Crippen LogP contribution in [0.15, 0.2) is 41.3 Å². The van der Waals surface area contributed by atoms with Gasteiger partial charge in [-0.2, -0.15) is 0 Å². The average Bonchev–Trinajstić information content (AvgIpc) is 3.27. The van der Waals surface area contributed by atoms with Crippen LogP contribution < -0.4 is 23.7 Å². The van der Waals surface area contributed by atoms with E-state index in [1.54, 1.807) is 6.07 Å². The van der Waals surface area contributed by atoms with E-state index in [0.717, 1.165) is 42.7 Å². The lowest BCUT2D eigenvalue weighted by molar-refractivity contribution is 0.171. The number of sulfonamides is 1. The third-order valence-electron chi connectivity index (χ3n) is 5.98. The summed E-state index contributed by atoms with van der Waals surface area (Å²) in [7, 11) is -0.712. The van der Waals surface area contributed by atoms with Crippen molar-refractivity contribution in [3.63, 3.8) is 0 Å². The highest BCUT2D eigenvalue weighted by molar-refractivity contribution is 7.89. The van der Waals surface area contributed by atoms with Crippen molar-refractivity contribution < 1.29 is 27.4 Å². The van der Waals surface area contributed by atoms with Gasteiger partial charge in [-0.05, 0) is 42.7 Å². The molecule has 1 N–H and O–H groups in total. The Morgan fingerprint density at radius 2 is 1.63 bits per heavy atom. The second-order valence-corrected chi connectivity index (χ2v) is 9.45. The number of ether oxygens (including phenoxy) is 4. The third-order valence-corrected chi connectivity index (χ3v) is 7.38. The van der Waals surface area contributed by atoms with E-state index in [9.17, 15) is 8.42 Å². The predicted octanol–water partition coefficient (Wildman–Crippen LogP) is 3.27. The van der Waals surface area contributed by atoms with Crippen LogP contribution >= 0.6 is 0 Å². The number of hydrogen-bond donors (Lipinski definition) is 1. The minimum Gasteiger partial charge on any atom is -0.493 e. The lowest BCUT2D eigenvalue weighted by Crippen LogP contribution is -2.39. The monoisotopic (exact) mass is 433 g/mol. The van der Waals surface area contributed by atoms with Crippen LogP contribution in [-0.4, -0.2) is 42.4 Å². The molecule has 1 fully saturated rings. The first-order valence-corrected chi connectivity index (χ1v) is 11.6. The Bertz CT molecular complexity index is 1010. The van der Waals surface area contributed by atoms with Gasteiger partial charge in [0, 0.05) is 18.0 Å². The second-order valence-electron chi connectivity index (χ2n) is 7.69. The number of hydrogen-bond acceptors (Lipinski definition) is 6. The predicted molar refractivity (Wildman–Crippen MR) is 112 cm³/mol. The van der Waals surface area contributed by atoms with Crippen molar-refractivity contribution in [3.8, 4) is 23.0 Å². The molecule has 1 aliphatic carbocycles. The highest BCUT2D eigenvalue weighted by atomic mass is 32.2. The van der Waals surface area contributed by atoms with E-state index in [4.69, 9.17) is 18.9 Å². The summed E-state index contributed by atoms with van der Waals surface area (Å²) in [5.74, 6) is 2.33. The molecule has 0 aromatic heterocycles. The number of benzene rings is 2. The fraction of sp³-hybridized carbons (Fsp3) is 0.455. The van der Waals surface area contributed by atoms with Gasteiger partial charge >= 0.3 is 0 Å². The second kappa shape index (κ2) is 8.35. The minimum atomic E-state index is -3.71. The van der Waals surface area contributed by atoms with Crippen LogP contribution in [0.3, 0.4) is 0 Å². The topological polar surface area (TPSA) is 83.1 Å². The number of methoxy groups -OCH3 is 2. The van der Waals surface area contributed by atoms with Crippen molar-refractivity contribution in [1.29, 1.82) is 0 Å². The first-order chi connectivity index (χ1) is 14.5. The Kier molecular flexibility index (Phi) is 5.79. The van der Waals surface area contributed by atoms with Crippen LogP contribution in [0.5, 0.6) is 23.0 Å². The molecule has 0 amide bonds. The quantitative estimate of drug-likeness (QED) is 0.722. The highest BCUT2D eigenvalue weighted by Crippen LogP contribution is 2.44. The molecular formula is C22H27NO6S. The Labute approximate surface area is 177 Å². The van der Waals surface area contributed by atoms with Crippen molar-refractivity contribution in [2.45, 2.75) is 36.0 Å². The lowest BCUT2D eigenvalue weighted by Gasteiger charge is -2.31. The maximum absolute atomic E-state index is 13.0. The smallest absolute Gasteiger partial charge is 0.240 e. The zero-order valence-corrected chi connectivity index (χ0v) is 18.1. The molecule has 0 saturated heterocycles. The van der Waals surface area contributed by atoms with Gasteiger partial charge in [0.25, 0.3) is 0 Å². The van der Waals surface area contributed by atoms with E-state index in [1.165, 1.54) is 26.4 Å². The molecule has 1 aliphatic heterocycles. The summed E-state index contributed by atoms with van der Waals surface area (Å²) < 4.78 is 50.7. The van der Waals surface area contributed by atoms with Gasteiger partial charge in [-0.1, -0.05) is 18.9 Å². The lowest BCUT2D eigenvalue weighted by atomic mass is 9.79. The average molecular weight is 434 g/mol. The maximum Gasteiger partial charge on any atom is 0.240 e. The van der Waals surface area contributed by atoms with E-state index >= 15 is 0 Å². The van der Waals surface area contributed by atoms with E-state index in [1.807, 2.05) is 18.2 Å². The molecule has 4 rings (SSSR count). The summed E-state index contributed by atoms with van der Waals surface area (Å²) in [6.07, 6.45) is 3.96. The maximum atomic E-state index is 13.0. The molecule has 162 valence electrons. The molecule has 7 nitrogen and oxygen atoms in total. The van der Waals surface area contributed by atoms with Gasteiger partial charge in [0.1, 0.15) is 13.2 Å². The van der Waals surface area contributed by atoms with Crippen molar-refractivity contribution in [2.24, 2.45) is 0 Å². The molecule has 0 unspecified atom stereocenters. The Morgan fingerprint density at radius 3 is 2.33 bits per heavy atom. The summed E-state index contributed by atoms with van der Waals surface area (Å²) in [5.41, 5.74) is 0.818. The zero-order chi connectivity index (χ0) is 21.2. The molecule has 0 spiro atoms. The van der Waals surface area contributed by atoms with Gasteiger partial charge in [0.05, 0.1) is 19.1 Å². The van der Waals surface area contributed by atoms with Crippen LogP contribution in [0.1, 0.15) is 31.2 Å². The Hall–Kier alpha value is -2.45. The summed E-state index contributed by atoms with van der Waals surface area (Å²) >= 11 is 0. The van der Waals surface area contributed by atoms with Gasteiger partial charge in [0.2, 0.25) is 10.0 Å². The van der Waals surface area contributed by atoms with Gasteiger partial charge in [-0.3, -0.25) is 0 Å². The van der Waals surface area contributed by atoms with Gasteiger partial charge in [0.15, 0.2) is 23.0 Å². The van der Waals surface area contributed by atoms with Crippen LogP contribution in [0.4, 0.5) is 0 Å². The van der Waals surface area contributed by atoms with Crippen LogP contribution in [0, 0.1) is 0 Å². The number of rotatable bonds is 7. The van der Waals surface area contributed by atoms with E-state index in [0.29, 0.717) is 31.3 Å². The first kappa shape index (κ1) is 20.8. The van der Waals surface area contributed by atoms with E-state index in [-0.39, 0.29) is 10.3 Å². The van der Waals surface area contributed by atoms with Crippen LogP contribution in [-0.2, 0) is 15.4 Å². The fourth-order valence-corrected chi connectivity index (χ4v) is 5.44. The summed E-state index contributed by atoms with van der Waals surface area (Å²) in [4.78, 5) is 0.149. The molecule has 1 saturated carbocycles. The Morgan fingerprint density at radius 1 is 0.933 bits per heavy atom. The van der Waals surface area contributed by atoms with Gasteiger partial charge in [-0.15, -0.1) is 0 Å². The van der Waals surface area contributed by atoms with Crippen molar-refractivity contribution >= 4 is 10.0 Å². The molecule has 0 radical (unpaired) electrons. The van der Waals surface area contributed by atoms with E-state index < -0.39 is 10.0 Å². The SMILES string of the molecule is COc1ccc(S(=O)(=O)NCC2(c3ccc4c(c3)OCCO4)CCCC2)cc1OC. The molecule has 2 aliphatic rings.